The Bertz CT molecular complexity index is 961. The third kappa shape index (κ3) is 4.33. The van der Waals surface area contributed by atoms with E-state index in [9.17, 15) is 14.9 Å². The van der Waals surface area contributed by atoms with Crippen LogP contribution >= 0.6 is 11.6 Å². The van der Waals surface area contributed by atoms with E-state index >= 15 is 0 Å². The Hall–Kier alpha value is -3.46. The SMILES string of the molecule is O=C(/C=C/c1ccc([N+](=O)[O-])o1)OCc1nc(-c2ccc(Cl)cc2)no1. The molecule has 0 atom stereocenters. The third-order valence-corrected chi connectivity index (χ3v) is 3.34. The summed E-state index contributed by atoms with van der Waals surface area (Å²) in [5.74, 6) is -0.512. The molecule has 10 heteroatoms. The minimum absolute atomic E-state index is 0.116. The number of halogens is 1. The molecule has 0 fully saturated rings. The number of carbonyl (C=O) groups excluding carboxylic acids is 1. The Morgan fingerprint density at radius 3 is 2.73 bits per heavy atom. The predicted octanol–water partition coefficient (Wildman–Crippen LogP) is 3.65. The molecule has 0 amide bonds. The molecule has 0 bridgehead atoms. The molecule has 0 saturated carbocycles. The number of esters is 1. The van der Waals surface area contributed by atoms with Crippen LogP contribution in [0.3, 0.4) is 0 Å². The average molecular weight is 376 g/mol. The number of hydrogen-bond donors (Lipinski definition) is 0. The van der Waals surface area contributed by atoms with Gasteiger partial charge in [0.05, 0.1) is 6.07 Å². The fourth-order valence-electron chi connectivity index (χ4n) is 1.89. The van der Waals surface area contributed by atoms with E-state index in [4.69, 9.17) is 25.3 Å². The van der Waals surface area contributed by atoms with E-state index in [1.165, 1.54) is 18.2 Å². The molecule has 26 heavy (non-hydrogen) atoms. The summed E-state index contributed by atoms with van der Waals surface area (Å²) in [5.41, 5.74) is 0.704. The maximum atomic E-state index is 11.7. The number of rotatable bonds is 6. The summed E-state index contributed by atoms with van der Waals surface area (Å²) in [4.78, 5) is 25.6. The lowest BCUT2D eigenvalue weighted by Gasteiger charge is -1.96. The highest BCUT2D eigenvalue weighted by Crippen LogP contribution is 2.19. The van der Waals surface area contributed by atoms with E-state index < -0.39 is 16.8 Å². The number of aromatic nitrogens is 2. The van der Waals surface area contributed by atoms with Gasteiger partial charge in [-0.1, -0.05) is 16.8 Å². The molecule has 1 aromatic carbocycles. The monoisotopic (exact) mass is 375 g/mol. The standard InChI is InChI=1S/C16H10ClN3O6/c17-11-3-1-10(2-4-11)16-18-13(26-19-16)9-24-15(21)8-6-12-5-7-14(25-12)20(22)23/h1-8H,9H2/b8-6+. The largest absolute Gasteiger partial charge is 0.452 e. The fraction of sp³-hybridized carbons (Fsp3) is 0.0625. The molecular formula is C16H10ClN3O6. The van der Waals surface area contributed by atoms with Crippen LogP contribution in [0.25, 0.3) is 17.5 Å². The van der Waals surface area contributed by atoms with E-state index in [1.54, 1.807) is 24.3 Å². The van der Waals surface area contributed by atoms with Crippen LogP contribution < -0.4 is 0 Å². The van der Waals surface area contributed by atoms with Crippen molar-refractivity contribution in [3.05, 3.63) is 69.3 Å². The minimum Gasteiger partial charge on any atom is -0.452 e. The molecule has 0 N–H and O–H groups in total. The number of carbonyl (C=O) groups is 1. The lowest BCUT2D eigenvalue weighted by molar-refractivity contribution is -0.402. The van der Waals surface area contributed by atoms with Crippen LogP contribution in [0.1, 0.15) is 11.7 Å². The summed E-state index contributed by atoms with van der Waals surface area (Å²) >= 11 is 5.81. The van der Waals surface area contributed by atoms with E-state index in [0.717, 1.165) is 6.08 Å². The van der Waals surface area contributed by atoms with Gasteiger partial charge in [-0.05, 0) is 36.4 Å². The smallest absolute Gasteiger partial charge is 0.433 e. The molecule has 0 radical (unpaired) electrons. The van der Waals surface area contributed by atoms with Gasteiger partial charge in [0.2, 0.25) is 5.82 Å². The van der Waals surface area contributed by atoms with Crippen LogP contribution in [-0.4, -0.2) is 21.0 Å². The molecule has 9 nitrogen and oxygen atoms in total. The van der Waals surface area contributed by atoms with E-state index in [2.05, 4.69) is 10.1 Å². The number of furan rings is 1. The molecular weight excluding hydrogens is 366 g/mol. The van der Waals surface area contributed by atoms with Crippen molar-refractivity contribution in [2.75, 3.05) is 0 Å². The third-order valence-electron chi connectivity index (χ3n) is 3.08. The minimum atomic E-state index is -0.699. The van der Waals surface area contributed by atoms with E-state index in [0.29, 0.717) is 16.4 Å². The number of ether oxygens (including phenoxy) is 1. The van der Waals surface area contributed by atoms with Gasteiger partial charge < -0.3 is 13.7 Å². The zero-order valence-electron chi connectivity index (χ0n) is 13.0. The zero-order chi connectivity index (χ0) is 18.5. The van der Waals surface area contributed by atoms with Gasteiger partial charge in [-0.25, -0.2) is 4.79 Å². The van der Waals surface area contributed by atoms with Gasteiger partial charge in [0, 0.05) is 16.7 Å². The Morgan fingerprint density at radius 2 is 2.04 bits per heavy atom. The Labute approximate surface area is 151 Å². The van der Waals surface area contributed by atoms with Gasteiger partial charge in [0.1, 0.15) is 10.7 Å². The number of nitro groups is 1. The van der Waals surface area contributed by atoms with Crippen LogP contribution in [0.4, 0.5) is 5.88 Å². The first-order valence-corrected chi connectivity index (χ1v) is 7.56. The van der Waals surface area contributed by atoms with Gasteiger partial charge in [-0.15, -0.1) is 0 Å². The zero-order valence-corrected chi connectivity index (χ0v) is 13.8. The maximum Gasteiger partial charge on any atom is 0.433 e. The summed E-state index contributed by atoms with van der Waals surface area (Å²) < 4.78 is 14.8. The lowest BCUT2D eigenvalue weighted by atomic mass is 10.2. The Balaban J connectivity index is 1.55. The van der Waals surface area contributed by atoms with Crippen molar-refractivity contribution in [2.45, 2.75) is 6.61 Å². The summed E-state index contributed by atoms with van der Waals surface area (Å²) in [6, 6.07) is 9.38. The lowest BCUT2D eigenvalue weighted by Crippen LogP contribution is -2.00. The van der Waals surface area contributed by atoms with E-state index in [1.807, 2.05) is 0 Å². The van der Waals surface area contributed by atoms with Crippen LogP contribution in [-0.2, 0) is 16.1 Å². The first-order valence-electron chi connectivity index (χ1n) is 7.19. The van der Waals surface area contributed by atoms with Crippen molar-refractivity contribution in [3.8, 4) is 11.4 Å². The van der Waals surface area contributed by atoms with Gasteiger partial charge in [0.15, 0.2) is 6.61 Å². The highest BCUT2D eigenvalue weighted by atomic mass is 35.5. The highest BCUT2D eigenvalue weighted by molar-refractivity contribution is 6.30. The molecule has 0 unspecified atom stereocenters. The molecule has 3 aromatic rings. The molecule has 0 saturated heterocycles. The van der Waals surface area contributed by atoms with Crippen molar-refractivity contribution in [3.63, 3.8) is 0 Å². The van der Waals surface area contributed by atoms with Gasteiger partial charge in [0.25, 0.3) is 5.89 Å². The average Bonchev–Trinajstić information content (AvgIpc) is 3.28. The fourth-order valence-corrected chi connectivity index (χ4v) is 2.02. The number of hydrogen-bond acceptors (Lipinski definition) is 8. The maximum absolute atomic E-state index is 11.7. The Kier molecular flexibility index (Phi) is 5.09. The molecule has 2 aromatic heterocycles. The van der Waals surface area contributed by atoms with Gasteiger partial charge >= 0.3 is 11.9 Å². The second-order valence-electron chi connectivity index (χ2n) is 4.89. The van der Waals surface area contributed by atoms with Crippen LogP contribution in [0.2, 0.25) is 5.02 Å². The summed E-state index contributed by atoms with van der Waals surface area (Å²) in [6.45, 7) is -0.220. The molecule has 132 valence electrons. The molecule has 0 spiro atoms. The first-order chi connectivity index (χ1) is 12.5. The molecule has 3 rings (SSSR count). The molecule has 2 heterocycles. The molecule has 0 aliphatic rings. The number of benzene rings is 1. The van der Waals surface area contributed by atoms with Gasteiger partial charge in [-0.3, -0.25) is 10.1 Å². The van der Waals surface area contributed by atoms with Crippen molar-refractivity contribution in [2.24, 2.45) is 0 Å². The summed E-state index contributed by atoms with van der Waals surface area (Å²) in [7, 11) is 0. The number of nitrogens with zero attached hydrogens (tertiary/aromatic N) is 3. The predicted molar refractivity (Wildman–Crippen MR) is 88.9 cm³/mol. The normalized spacial score (nSPS) is 11.0. The second-order valence-corrected chi connectivity index (χ2v) is 5.33. The van der Waals surface area contributed by atoms with Crippen molar-refractivity contribution in [1.29, 1.82) is 0 Å². The second kappa shape index (κ2) is 7.62. The highest BCUT2D eigenvalue weighted by Gasteiger charge is 2.12. The molecule has 0 aliphatic carbocycles. The van der Waals surface area contributed by atoms with E-state index in [-0.39, 0.29) is 18.3 Å². The van der Waals surface area contributed by atoms with Crippen molar-refractivity contribution < 1.29 is 23.4 Å². The van der Waals surface area contributed by atoms with Crippen molar-refractivity contribution >= 4 is 29.5 Å². The topological polar surface area (TPSA) is 122 Å². The van der Waals surface area contributed by atoms with Crippen LogP contribution in [0.15, 0.2) is 51.4 Å². The first kappa shape index (κ1) is 17.4. The molecule has 0 aliphatic heterocycles. The van der Waals surface area contributed by atoms with Gasteiger partial charge in [-0.2, -0.15) is 4.98 Å². The van der Waals surface area contributed by atoms with Crippen LogP contribution in [0, 0.1) is 10.1 Å². The van der Waals surface area contributed by atoms with Crippen molar-refractivity contribution in [1.82, 2.24) is 10.1 Å². The quantitative estimate of drug-likeness (QED) is 0.277. The summed E-state index contributed by atoms with van der Waals surface area (Å²) in [5, 5.41) is 14.9. The summed E-state index contributed by atoms with van der Waals surface area (Å²) in [6.07, 6.45) is 2.32. The van der Waals surface area contributed by atoms with Crippen LogP contribution in [0.5, 0.6) is 0 Å². The Morgan fingerprint density at radius 1 is 1.27 bits per heavy atom.